The van der Waals surface area contributed by atoms with Crippen LogP contribution in [-0.4, -0.2) is 19.4 Å². The van der Waals surface area contributed by atoms with Crippen LogP contribution in [0, 0.1) is 0 Å². The van der Waals surface area contributed by atoms with Gasteiger partial charge in [-0.2, -0.15) is 0 Å². The zero-order valence-electron chi connectivity index (χ0n) is 13.5. The van der Waals surface area contributed by atoms with Crippen LogP contribution in [0.5, 0.6) is 0 Å². The molecule has 3 nitrogen and oxygen atoms in total. The van der Waals surface area contributed by atoms with Crippen molar-refractivity contribution in [3.05, 3.63) is 80.2 Å². The third kappa shape index (κ3) is 0.948. The zero-order chi connectivity index (χ0) is 15.9. The topological polar surface area (TPSA) is 12.9 Å². The number of aromatic nitrogens is 2. The first-order valence-corrected chi connectivity index (χ1v) is 8.99. The molecule has 2 aromatic heterocycles. The van der Waals surface area contributed by atoms with Gasteiger partial charge in [0.05, 0.1) is 33.4 Å². The molecule has 8 rings (SSSR count). The predicted molar refractivity (Wildman–Crippen MR) is 96.3 cm³/mol. The van der Waals surface area contributed by atoms with Gasteiger partial charge < -0.3 is 0 Å². The van der Waals surface area contributed by atoms with Gasteiger partial charge in [-0.1, -0.05) is 6.08 Å². The van der Waals surface area contributed by atoms with Crippen LogP contribution in [0.25, 0.3) is 24.3 Å². The van der Waals surface area contributed by atoms with Gasteiger partial charge >= 0.3 is 5.79 Å². The number of hydrogen-bond donors (Lipinski definition) is 0. The smallest absolute Gasteiger partial charge is 0.257 e. The Balaban J connectivity index is 1.81. The molecule has 0 fully saturated rings. The monoisotopic (exact) mass is 320 g/mol. The molecule has 1 atom stereocenters. The fourth-order valence-corrected chi connectivity index (χ4v) is 5.87. The van der Waals surface area contributed by atoms with Crippen molar-refractivity contribution in [2.75, 3.05) is 0 Å². The molecule has 0 N–H and O–H groups in total. The van der Waals surface area contributed by atoms with Crippen molar-refractivity contribution in [3.63, 3.8) is 0 Å². The van der Waals surface area contributed by atoms with Gasteiger partial charge in [-0.25, -0.2) is 0 Å². The summed E-state index contributed by atoms with van der Waals surface area (Å²) in [6.07, 6.45) is 16.3. The van der Waals surface area contributed by atoms with Gasteiger partial charge in [-0.05, 0) is 60.1 Å². The third-order valence-electron chi connectivity index (χ3n) is 6.61. The van der Waals surface area contributed by atoms with E-state index in [9.17, 15) is 0 Å². The Labute approximate surface area is 143 Å². The molecule has 6 aliphatic rings. The van der Waals surface area contributed by atoms with Gasteiger partial charge in [-0.15, -0.1) is 4.58 Å². The van der Waals surface area contributed by atoms with Crippen molar-refractivity contribution in [3.8, 4) is 0 Å². The van der Waals surface area contributed by atoms with Crippen LogP contribution in [0.1, 0.15) is 12.8 Å². The van der Waals surface area contributed by atoms with Gasteiger partial charge in [-0.3, -0.25) is 9.13 Å². The number of allylic oxidation sites excluding steroid dienone is 4. The molecular formula is C22H14N3+. The summed E-state index contributed by atoms with van der Waals surface area (Å²) in [4.78, 5) is 0. The summed E-state index contributed by atoms with van der Waals surface area (Å²) in [5, 5.41) is 5.25. The summed E-state index contributed by atoms with van der Waals surface area (Å²) in [6, 6.07) is 9.12. The molecular weight excluding hydrogens is 306 g/mol. The molecule has 5 aliphatic heterocycles. The summed E-state index contributed by atoms with van der Waals surface area (Å²) in [7, 11) is 0. The van der Waals surface area contributed by atoms with Crippen LogP contribution in [0.15, 0.2) is 58.8 Å². The molecule has 2 aromatic rings. The lowest BCUT2D eigenvalue weighted by molar-refractivity contribution is -0.590. The van der Waals surface area contributed by atoms with Gasteiger partial charge in [0.15, 0.2) is 5.71 Å². The number of hydrogen-bond acceptors (Lipinski definition) is 0. The molecule has 25 heavy (non-hydrogen) atoms. The molecule has 7 heterocycles. The number of rotatable bonds is 0. The van der Waals surface area contributed by atoms with Crippen LogP contribution in [-0.2, 0) is 5.79 Å². The largest absolute Gasteiger partial charge is 0.363 e. The molecule has 0 saturated heterocycles. The van der Waals surface area contributed by atoms with E-state index in [0.29, 0.717) is 0 Å². The maximum atomic E-state index is 2.59. The maximum absolute atomic E-state index is 2.59. The summed E-state index contributed by atoms with van der Waals surface area (Å²) in [5.74, 6) is -0.287. The van der Waals surface area contributed by atoms with E-state index < -0.39 is 0 Å². The molecule has 0 bridgehead atoms. The van der Waals surface area contributed by atoms with Crippen LogP contribution in [0.3, 0.4) is 0 Å². The summed E-state index contributed by atoms with van der Waals surface area (Å²) in [6.45, 7) is 0. The lowest BCUT2D eigenvalue weighted by Gasteiger charge is -2.42. The molecule has 0 saturated carbocycles. The van der Waals surface area contributed by atoms with Gasteiger partial charge in [0.2, 0.25) is 5.70 Å². The average Bonchev–Trinajstić information content (AvgIpc) is 3.38. The first-order valence-electron chi connectivity index (χ1n) is 8.99. The quantitative estimate of drug-likeness (QED) is 0.606. The van der Waals surface area contributed by atoms with E-state index >= 15 is 0 Å². The normalized spacial score (nSPS) is 27.7. The van der Waals surface area contributed by atoms with E-state index in [0.717, 1.165) is 12.8 Å². The third-order valence-corrected chi connectivity index (χ3v) is 6.61. The van der Waals surface area contributed by atoms with E-state index in [1.54, 1.807) is 0 Å². The Kier molecular flexibility index (Phi) is 1.47. The molecule has 1 spiro atoms. The van der Waals surface area contributed by atoms with E-state index in [1.807, 2.05) is 0 Å². The fraction of sp³-hybridized carbons (Fsp3) is 0.136. The second kappa shape index (κ2) is 3.21. The van der Waals surface area contributed by atoms with Crippen molar-refractivity contribution < 1.29 is 4.58 Å². The lowest BCUT2D eigenvalue weighted by Crippen LogP contribution is -2.69. The fourth-order valence-electron chi connectivity index (χ4n) is 5.87. The van der Waals surface area contributed by atoms with Crippen molar-refractivity contribution in [1.29, 1.82) is 0 Å². The SMILES string of the molecule is C1=C2C=c3ccc4n3[C@]35C2=C(C=c2ccc(n23)=CC2=[N+]5C(=CC2)C=4)C1. The Morgan fingerprint density at radius 3 is 2.32 bits per heavy atom. The van der Waals surface area contributed by atoms with Gasteiger partial charge in [0.1, 0.15) is 0 Å². The van der Waals surface area contributed by atoms with E-state index in [-0.39, 0.29) is 5.79 Å². The molecule has 3 heteroatoms. The highest BCUT2D eigenvalue weighted by Gasteiger charge is 2.61. The highest BCUT2D eigenvalue weighted by atomic mass is 15.5. The van der Waals surface area contributed by atoms with Gasteiger partial charge in [0, 0.05) is 12.2 Å². The zero-order valence-corrected chi connectivity index (χ0v) is 13.5. The molecule has 116 valence electrons. The van der Waals surface area contributed by atoms with E-state index in [2.05, 4.69) is 74.4 Å². The Hall–Kier alpha value is -3.07. The Bertz CT molecular complexity index is 1370. The minimum absolute atomic E-state index is 0.287. The second-order valence-electron chi connectivity index (χ2n) is 7.67. The molecule has 0 unspecified atom stereocenters. The summed E-state index contributed by atoms with van der Waals surface area (Å²) in [5.41, 5.74) is 7.12. The highest BCUT2D eigenvalue weighted by molar-refractivity contribution is 6.09. The summed E-state index contributed by atoms with van der Waals surface area (Å²) < 4.78 is 7.70. The molecule has 0 amide bonds. The predicted octanol–water partition coefficient (Wildman–Crippen LogP) is -0.00760. The van der Waals surface area contributed by atoms with Crippen molar-refractivity contribution >= 4 is 30.0 Å². The van der Waals surface area contributed by atoms with Crippen LogP contribution in [0.4, 0.5) is 0 Å². The summed E-state index contributed by atoms with van der Waals surface area (Å²) >= 11 is 0. The number of nitrogens with zero attached hydrogens (tertiary/aromatic N) is 3. The second-order valence-corrected chi connectivity index (χ2v) is 7.67. The lowest BCUT2D eigenvalue weighted by atomic mass is 9.89. The highest BCUT2D eigenvalue weighted by Crippen LogP contribution is 2.47. The van der Waals surface area contributed by atoms with E-state index in [4.69, 9.17) is 0 Å². The van der Waals surface area contributed by atoms with Crippen molar-refractivity contribution in [2.24, 2.45) is 0 Å². The Morgan fingerprint density at radius 1 is 0.760 bits per heavy atom. The maximum Gasteiger partial charge on any atom is 0.363 e. The first kappa shape index (κ1) is 11.5. The van der Waals surface area contributed by atoms with Crippen LogP contribution < -0.4 is 21.4 Å². The van der Waals surface area contributed by atoms with Crippen LogP contribution >= 0.6 is 0 Å². The molecule has 1 aliphatic carbocycles. The average molecular weight is 320 g/mol. The van der Waals surface area contributed by atoms with E-state index in [1.165, 1.54) is 49.5 Å². The van der Waals surface area contributed by atoms with Gasteiger partial charge in [0.25, 0.3) is 0 Å². The van der Waals surface area contributed by atoms with Crippen LogP contribution in [0.2, 0.25) is 0 Å². The van der Waals surface area contributed by atoms with Crippen molar-refractivity contribution in [1.82, 2.24) is 9.13 Å². The van der Waals surface area contributed by atoms with Crippen molar-refractivity contribution in [2.45, 2.75) is 18.6 Å². The Morgan fingerprint density at radius 2 is 1.48 bits per heavy atom. The first-order chi connectivity index (χ1) is 12.4. The molecule has 0 aromatic carbocycles. The minimum atomic E-state index is -0.287. The minimum Gasteiger partial charge on any atom is -0.257 e. The standard InChI is InChI=1S/C22H14N3/c1-2-14-10-16-4-6-18-12-20-8-7-19-11-17-5-3-15-9-13(1)21(14)22(23(15)17,24(16)18)25(19)20/h1,3-7,9-12H,2,8H2/q+1/t22-/m1/s1. The molecule has 0 radical (unpaired) electrons.